The van der Waals surface area contributed by atoms with Crippen LogP contribution < -0.4 is 20.5 Å². The second-order valence-electron chi connectivity index (χ2n) is 11.4. The summed E-state index contributed by atoms with van der Waals surface area (Å²) in [7, 11) is 4.65. The predicted molar refractivity (Wildman–Crippen MR) is 182 cm³/mol. The molecule has 49 heavy (non-hydrogen) atoms. The molecule has 4 atom stereocenters. The van der Waals surface area contributed by atoms with Gasteiger partial charge in [-0.2, -0.15) is 4.98 Å². The van der Waals surface area contributed by atoms with Crippen LogP contribution in [-0.2, 0) is 19.8 Å². The number of nitrogens with zero attached hydrogens (tertiary/aromatic N) is 2. The Morgan fingerprint density at radius 1 is 0.816 bits per heavy atom. The van der Waals surface area contributed by atoms with Crippen LogP contribution in [0.5, 0.6) is 11.5 Å². The third-order valence-electron chi connectivity index (χ3n) is 8.60. The molecule has 1 aliphatic rings. The SMILES string of the molecule is COc1ccc(C(OCC2OC(n3ccc(NC(=O)c4ccccc4)nc3=O)C(OC)C2O)(c2ccccc2)c2ccc(OC)cc2)cc1. The lowest BCUT2D eigenvalue weighted by atomic mass is 9.80. The van der Waals surface area contributed by atoms with E-state index < -0.39 is 41.7 Å². The minimum Gasteiger partial charge on any atom is -0.497 e. The number of carbonyl (C=O) groups is 1. The van der Waals surface area contributed by atoms with Crippen molar-refractivity contribution >= 4 is 11.7 Å². The van der Waals surface area contributed by atoms with E-state index in [4.69, 9.17) is 23.7 Å². The normalized spacial score (nSPS) is 18.9. The number of benzene rings is 4. The van der Waals surface area contributed by atoms with Crippen LogP contribution in [0.1, 0.15) is 33.3 Å². The number of methoxy groups -OCH3 is 3. The Morgan fingerprint density at radius 2 is 1.37 bits per heavy atom. The average Bonchev–Trinajstić information content (AvgIpc) is 3.47. The van der Waals surface area contributed by atoms with Crippen molar-refractivity contribution in [3.8, 4) is 11.5 Å². The van der Waals surface area contributed by atoms with Crippen LogP contribution in [0.25, 0.3) is 0 Å². The van der Waals surface area contributed by atoms with E-state index in [2.05, 4.69) is 10.3 Å². The zero-order valence-electron chi connectivity index (χ0n) is 27.3. The number of aromatic nitrogens is 2. The number of nitrogens with one attached hydrogen (secondary N) is 1. The van der Waals surface area contributed by atoms with Crippen LogP contribution >= 0.6 is 0 Å². The summed E-state index contributed by atoms with van der Waals surface area (Å²) in [5.74, 6) is 1.05. The van der Waals surface area contributed by atoms with Crippen LogP contribution in [0.2, 0.25) is 0 Å². The van der Waals surface area contributed by atoms with E-state index in [1.54, 1.807) is 44.6 Å². The number of hydrogen-bond acceptors (Lipinski definition) is 9. The molecule has 1 amide bonds. The molecule has 1 fully saturated rings. The maximum Gasteiger partial charge on any atom is 0.351 e. The fourth-order valence-corrected chi connectivity index (χ4v) is 6.07. The molecule has 0 aliphatic carbocycles. The van der Waals surface area contributed by atoms with Crippen LogP contribution in [0, 0.1) is 0 Å². The van der Waals surface area contributed by atoms with E-state index in [0.717, 1.165) is 16.7 Å². The first-order chi connectivity index (χ1) is 23.9. The quantitative estimate of drug-likeness (QED) is 0.181. The maximum atomic E-state index is 13.2. The molecule has 4 aromatic carbocycles. The summed E-state index contributed by atoms with van der Waals surface area (Å²) in [6, 6.07) is 35.0. The lowest BCUT2D eigenvalue weighted by Crippen LogP contribution is -2.40. The van der Waals surface area contributed by atoms with Gasteiger partial charge < -0.3 is 34.1 Å². The first-order valence-corrected chi connectivity index (χ1v) is 15.7. The highest BCUT2D eigenvalue weighted by Crippen LogP contribution is 2.43. The highest BCUT2D eigenvalue weighted by molar-refractivity contribution is 6.03. The van der Waals surface area contributed by atoms with Crippen LogP contribution in [0.3, 0.4) is 0 Å². The zero-order valence-corrected chi connectivity index (χ0v) is 27.3. The summed E-state index contributed by atoms with van der Waals surface area (Å²) in [6.45, 7) is -0.0854. The fraction of sp³-hybridized carbons (Fsp3) is 0.237. The smallest absolute Gasteiger partial charge is 0.351 e. The summed E-state index contributed by atoms with van der Waals surface area (Å²) in [5, 5.41) is 14.1. The van der Waals surface area contributed by atoms with Crippen LogP contribution in [0.15, 0.2) is 126 Å². The number of carbonyl (C=O) groups excluding carboxylic acids is 1. The van der Waals surface area contributed by atoms with Crippen molar-refractivity contribution in [2.75, 3.05) is 33.3 Å². The van der Waals surface area contributed by atoms with E-state index in [0.29, 0.717) is 17.1 Å². The van der Waals surface area contributed by atoms with E-state index in [-0.39, 0.29) is 12.4 Å². The molecule has 11 heteroatoms. The Hall–Kier alpha value is -5.33. The van der Waals surface area contributed by atoms with Crippen molar-refractivity contribution in [1.82, 2.24) is 9.55 Å². The summed E-state index contributed by atoms with van der Waals surface area (Å²) in [4.78, 5) is 29.9. The number of rotatable bonds is 12. The van der Waals surface area contributed by atoms with Crippen molar-refractivity contribution in [2.45, 2.75) is 30.1 Å². The highest BCUT2D eigenvalue weighted by Gasteiger charge is 2.47. The largest absolute Gasteiger partial charge is 0.497 e. The number of amides is 1. The summed E-state index contributed by atoms with van der Waals surface area (Å²) < 4.78 is 31.0. The van der Waals surface area contributed by atoms with Gasteiger partial charge in [0, 0.05) is 18.9 Å². The first-order valence-electron chi connectivity index (χ1n) is 15.7. The summed E-state index contributed by atoms with van der Waals surface area (Å²) >= 11 is 0. The third-order valence-corrected chi connectivity index (χ3v) is 8.60. The molecular formula is C38H37N3O8. The minimum atomic E-state index is -1.17. The van der Waals surface area contributed by atoms with E-state index in [1.807, 2.05) is 78.9 Å². The standard InChI is InChI=1S/C38H37N3O8/c1-45-29-18-14-27(15-19-29)38(26-12-8-5-9-13-26,28-16-20-30(46-2)21-17-28)48-24-31-33(42)34(47-3)36(49-31)41-23-22-32(40-37(41)44)39-35(43)25-10-6-4-7-11-25/h4-23,31,33-34,36,42H,24H2,1-3H3,(H,39,40,43,44). The van der Waals surface area contributed by atoms with Crippen molar-refractivity contribution in [3.63, 3.8) is 0 Å². The number of anilines is 1. The van der Waals surface area contributed by atoms with E-state index in [1.165, 1.54) is 23.9 Å². The molecule has 252 valence electrons. The molecule has 4 unspecified atom stereocenters. The van der Waals surface area contributed by atoms with Crippen molar-refractivity contribution in [2.24, 2.45) is 0 Å². The van der Waals surface area contributed by atoms with Gasteiger partial charge in [0.1, 0.15) is 41.2 Å². The van der Waals surface area contributed by atoms with Crippen molar-refractivity contribution in [1.29, 1.82) is 0 Å². The Morgan fingerprint density at radius 3 is 1.90 bits per heavy atom. The Labute approximate surface area is 283 Å². The number of hydrogen-bond donors (Lipinski definition) is 2. The second-order valence-corrected chi connectivity index (χ2v) is 11.4. The number of aliphatic hydroxyl groups excluding tert-OH is 1. The average molecular weight is 664 g/mol. The Kier molecular flexibility index (Phi) is 10.2. The molecular weight excluding hydrogens is 626 g/mol. The molecule has 0 radical (unpaired) electrons. The molecule has 1 aromatic heterocycles. The highest BCUT2D eigenvalue weighted by atomic mass is 16.6. The maximum absolute atomic E-state index is 13.2. The van der Waals surface area contributed by atoms with Crippen molar-refractivity contribution < 1.29 is 33.6 Å². The molecule has 5 aromatic rings. The number of ether oxygens (including phenoxy) is 5. The van der Waals surface area contributed by atoms with Crippen LogP contribution in [-0.4, -0.2) is 66.8 Å². The van der Waals surface area contributed by atoms with Gasteiger partial charge in [0.2, 0.25) is 0 Å². The lowest BCUT2D eigenvalue weighted by molar-refractivity contribution is -0.0966. The van der Waals surface area contributed by atoms with Gasteiger partial charge in [-0.25, -0.2) is 4.79 Å². The molecule has 1 aliphatic heterocycles. The first kappa shape index (κ1) is 33.6. The minimum absolute atomic E-state index is 0.0779. The van der Waals surface area contributed by atoms with Gasteiger partial charge in [0.25, 0.3) is 5.91 Å². The molecule has 6 rings (SSSR count). The monoisotopic (exact) mass is 663 g/mol. The van der Waals surface area contributed by atoms with Gasteiger partial charge in [-0.1, -0.05) is 72.8 Å². The summed E-state index contributed by atoms with van der Waals surface area (Å²) in [5.41, 5.74) is 1.04. The van der Waals surface area contributed by atoms with Gasteiger partial charge in [-0.3, -0.25) is 9.36 Å². The topological polar surface area (TPSA) is 130 Å². The third kappa shape index (κ3) is 6.83. The molecule has 0 spiro atoms. The van der Waals surface area contributed by atoms with Gasteiger partial charge in [0.15, 0.2) is 6.23 Å². The van der Waals surface area contributed by atoms with Gasteiger partial charge in [0.05, 0.1) is 20.8 Å². The Bertz CT molecular complexity index is 1850. The van der Waals surface area contributed by atoms with Gasteiger partial charge in [-0.05, 0) is 59.2 Å². The zero-order chi connectivity index (χ0) is 34.4. The molecule has 1 saturated heterocycles. The van der Waals surface area contributed by atoms with Crippen LogP contribution in [0.4, 0.5) is 5.82 Å². The molecule has 0 saturated carbocycles. The van der Waals surface area contributed by atoms with E-state index in [9.17, 15) is 14.7 Å². The second kappa shape index (κ2) is 14.8. The molecule has 0 bridgehead atoms. The Balaban J connectivity index is 1.31. The molecule has 11 nitrogen and oxygen atoms in total. The van der Waals surface area contributed by atoms with Gasteiger partial charge in [-0.15, -0.1) is 0 Å². The lowest BCUT2D eigenvalue weighted by Gasteiger charge is -2.37. The molecule has 2 N–H and O–H groups in total. The summed E-state index contributed by atoms with van der Waals surface area (Å²) in [6.07, 6.45) is -2.57. The fourth-order valence-electron chi connectivity index (χ4n) is 6.07. The number of aliphatic hydroxyl groups is 1. The van der Waals surface area contributed by atoms with Gasteiger partial charge >= 0.3 is 5.69 Å². The van der Waals surface area contributed by atoms with E-state index >= 15 is 0 Å². The molecule has 2 heterocycles. The predicted octanol–water partition coefficient (Wildman–Crippen LogP) is 4.79. The van der Waals surface area contributed by atoms with Crippen molar-refractivity contribution in [3.05, 3.63) is 154 Å².